The summed E-state index contributed by atoms with van der Waals surface area (Å²) in [5.74, 6) is -6.39. The smallest absolute Gasteiger partial charge is 0.341 e. The van der Waals surface area contributed by atoms with Crippen molar-refractivity contribution in [1.82, 2.24) is 14.8 Å². The number of aryl methyl sites for hydroxylation is 1. The van der Waals surface area contributed by atoms with Crippen molar-refractivity contribution < 1.29 is 68.0 Å². The fourth-order valence-electron chi connectivity index (χ4n) is 10.3. The number of nitrogens with zero attached hydrogens (tertiary/aromatic N) is 2. The summed E-state index contributed by atoms with van der Waals surface area (Å²) in [6.07, 6.45) is -6.88. The molecule has 0 bridgehead atoms. The molecule has 0 spiro atoms. The van der Waals surface area contributed by atoms with Gasteiger partial charge < -0.3 is 63.6 Å². The van der Waals surface area contributed by atoms with E-state index in [1.807, 2.05) is 56.3 Å². The second-order valence-electron chi connectivity index (χ2n) is 20.1. The minimum absolute atomic E-state index is 0.0168. The maximum atomic E-state index is 14.3. The highest BCUT2D eigenvalue weighted by molar-refractivity contribution is 7.99. The third-order valence-corrected chi connectivity index (χ3v) is 15.6. The molecule has 72 heavy (non-hydrogen) atoms. The van der Waals surface area contributed by atoms with Crippen LogP contribution < -0.4 is 10.7 Å². The van der Waals surface area contributed by atoms with Crippen molar-refractivity contribution in [2.75, 3.05) is 40.6 Å². The molecule has 2 aliphatic rings. The molecule has 0 amide bonds. The Labute approximate surface area is 427 Å². The quantitative estimate of drug-likeness (QED) is 0.0693. The first kappa shape index (κ1) is 58.6. The highest BCUT2D eigenvalue weighted by Gasteiger charge is 2.53. The number of Topliss-reactive ketones (excluding diaryl/α,β-unsaturated/α-hetero) is 1. The van der Waals surface area contributed by atoms with E-state index in [1.165, 1.54) is 34.3 Å². The maximum Gasteiger partial charge on any atom is 0.341 e. The molecular weight excluding hydrogens is 951 g/mol. The number of esters is 2. The number of hydrogen-bond donors (Lipinski definition) is 5. The van der Waals surface area contributed by atoms with E-state index in [2.05, 4.69) is 5.32 Å². The molecular formula is C53H77N3O15S. The van der Waals surface area contributed by atoms with Gasteiger partial charge in [0.2, 0.25) is 5.43 Å². The van der Waals surface area contributed by atoms with Gasteiger partial charge in [0.05, 0.1) is 35.7 Å². The lowest BCUT2D eigenvalue weighted by Crippen LogP contribution is -2.61. The van der Waals surface area contributed by atoms with E-state index in [0.29, 0.717) is 48.3 Å². The van der Waals surface area contributed by atoms with E-state index >= 15 is 0 Å². The molecule has 2 aromatic carbocycles. The molecule has 5 rings (SSSR count). The lowest BCUT2D eigenvalue weighted by Gasteiger charge is -2.48. The average Bonchev–Trinajstić information content (AvgIpc) is 3.35. The van der Waals surface area contributed by atoms with Crippen LogP contribution in [0, 0.1) is 23.7 Å². The summed E-state index contributed by atoms with van der Waals surface area (Å²) >= 11 is 1.59. The Morgan fingerprint density at radius 2 is 1.68 bits per heavy atom. The molecule has 3 aromatic rings. The predicted molar refractivity (Wildman–Crippen MR) is 270 cm³/mol. The van der Waals surface area contributed by atoms with Crippen LogP contribution in [-0.4, -0.2) is 155 Å². The number of aliphatic hydroxyl groups is 3. The number of aliphatic hydroxyl groups excluding tert-OH is 2. The first-order chi connectivity index (χ1) is 33.9. The Kier molecular flexibility index (Phi) is 20.6. The van der Waals surface area contributed by atoms with E-state index < -0.39 is 107 Å². The van der Waals surface area contributed by atoms with Gasteiger partial charge in [0, 0.05) is 86.3 Å². The molecule has 0 aliphatic carbocycles. The van der Waals surface area contributed by atoms with E-state index in [1.54, 1.807) is 63.1 Å². The van der Waals surface area contributed by atoms with Gasteiger partial charge in [-0.15, -0.1) is 11.8 Å². The van der Waals surface area contributed by atoms with E-state index in [-0.39, 0.29) is 30.6 Å². The van der Waals surface area contributed by atoms with Gasteiger partial charge in [-0.05, 0) is 84.0 Å². The van der Waals surface area contributed by atoms with Gasteiger partial charge in [-0.25, -0.2) is 4.79 Å². The normalized spacial score (nSPS) is 32.1. The fraction of sp³-hybridized carbons (Fsp3) is 0.642. The molecule has 5 N–H and O–H groups in total. The maximum absolute atomic E-state index is 14.3. The molecule has 1 aromatic heterocycles. The van der Waals surface area contributed by atoms with Crippen LogP contribution in [0.4, 0.5) is 0 Å². The van der Waals surface area contributed by atoms with Crippen molar-refractivity contribution in [3.05, 3.63) is 75.6 Å². The molecule has 3 heterocycles. The number of nitrogens with one attached hydrogen (secondary N) is 1. The van der Waals surface area contributed by atoms with Crippen LogP contribution in [0.25, 0.3) is 10.9 Å². The Morgan fingerprint density at radius 1 is 0.986 bits per heavy atom. The van der Waals surface area contributed by atoms with Crippen molar-refractivity contribution in [3.63, 3.8) is 0 Å². The number of aromatic carboxylic acids is 1. The standard InChI is InChI=1S/C53H77N3O15S/c1-13-40-53(8,65)47(61)30(4)43(58)29(3)26-52(7,67-12)48(71-51-45(60)39(55(9)10)25-42(66-11)70-51)31(5)46(32(6)50(64)68-40)69-41(57)23-33-16-15-17-34(22-33)27-54-20-21-72-35-18-19-36-38(24-35)56(14-2)28-37(44(36)59)49(62)63/h15-19,22,24,28-32,39-40,42,45-48,51,54,60-61,65H,13-14,20-21,23,25-27H2,1-12H3,(H,62,63)/t29-,30+,31+,32-,39+,40-,42+,45-,46+,47-,48-,51?,52-,53-/m1/s1. The number of likely N-dealkylation sites (N-methyl/N-ethyl adjacent to an activating group) is 1. The molecule has 14 atom stereocenters. The fourth-order valence-corrected chi connectivity index (χ4v) is 11.1. The number of aromatic nitrogens is 1. The van der Waals surface area contributed by atoms with Gasteiger partial charge in [0.15, 0.2) is 12.6 Å². The van der Waals surface area contributed by atoms with Crippen LogP contribution in [-0.2, 0) is 62.3 Å². The number of ketones is 1. The Balaban J connectivity index is 1.39. The number of thioether (sulfide) groups is 1. The third-order valence-electron chi connectivity index (χ3n) is 14.6. The van der Waals surface area contributed by atoms with Gasteiger partial charge in [-0.3, -0.25) is 19.2 Å². The number of ether oxygens (including phenoxy) is 6. The summed E-state index contributed by atoms with van der Waals surface area (Å²) in [5, 5.41) is 48.3. The lowest BCUT2D eigenvalue weighted by atomic mass is 9.74. The molecule has 1 unspecified atom stereocenters. The zero-order valence-corrected chi connectivity index (χ0v) is 44.6. The van der Waals surface area contributed by atoms with E-state index in [9.17, 15) is 44.4 Å². The zero-order valence-electron chi connectivity index (χ0n) is 43.8. The minimum Gasteiger partial charge on any atom is -0.477 e. The molecule has 2 saturated heterocycles. The van der Waals surface area contributed by atoms with E-state index in [4.69, 9.17) is 28.4 Å². The molecule has 19 heteroatoms. The van der Waals surface area contributed by atoms with Crippen LogP contribution in [0.1, 0.15) is 96.1 Å². The number of carbonyl (C=O) groups excluding carboxylic acids is 3. The third kappa shape index (κ3) is 13.5. The monoisotopic (exact) mass is 1030 g/mol. The second-order valence-corrected chi connectivity index (χ2v) is 21.2. The Morgan fingerprint density at radius 3 is 2.31 bits per heavy atom. The van der Waals surface area contributed by atoms with Crippen molar-refractivity contribution in [3.8, 4) is 0 Å². The van der Waals surface area contributed by atoms with Gasteiger partial charge in [0.25, 0.3) is 0 Å². The number of methoxy groups -OCH3 is 2. The summed E-state index contributed by atoms with van der Waals surface area (Å²) in [5.41, 5.74) is -1.99. The number of hydrogen-bond acceptors (Lipinski definition) is 17. The van der Waals surface area contributed by atoms with Gasteiger partial charge >= 0.3 is 17.9 Å². The molecule has 2 aliphatic heterocycles. The number of benzene rings is 2. The summed E-state index contributed by atoms with van der Waals surface area (Å²) < 4.78 is 38.9. The number of rotatable bonds is 17. The molecule has 0 radical (unpaired) electrons. The first-order valence-electron chi connectivity index (χ1n) is 24.8. The number of pyridine rings is 1. The highest BCUT2D eigenvalue weighted by atomic mass is 32.2. The minimum atomic E-state index is -2.04. The molecule has 2 fully saturated rings. The zero-order chi connectivity index (χ0) is 53.4. The summed E-state index contributed by atoms with van der Waals surface area (Å²) in [6.45, 7) is 14.7. The van der Waals surface area contributed by atoms with Gasteiger partial charge in [0.1, 0.15) is 35.3 Å². The molecule has 18 nitrogen and oxygen atoms in total. The topological polar surface area (TPSA) is 242 Å². The number of cyclic esters (lactones) is 1. The summed E-state index contributed by atoms with van der Waals surface area (Å²) in [6, 6.07) is 12.4. The van der Waals surface area contributed by atoms with Crippen molar-refractivity contribution >= 4 is 46.4 Å². The van der Waals surface area contributed by atoms with Crippen molar-refractivity contribution in [2.45, 2.75) is 159 Å². The van der Waals surface area contributed by atoms with Crippen molar-refractivity contribution in [1.29, 1.82) is 0 Å². The summed E-state index contributed by atoms with van der Waals surface area (Å²) in [4.78, 5) is 69.9. The van der Waals surface area contributed by atoms with Crippen LogP contribution in [0.5, 0.6) is 0 Å². The van der Waals surface area contributed by atoms with Crippen LogP contribution in [0.15, 0.2) is 58.4 Å². The predicted octanol–water partition coefficient (Wildman–Crippen LogP) is 4.81. The van der Waals surface area contributed by atoms with Gasteiger partial charge in [-0.1, -0.05) is 52.0 Å². The molecule has 0 saturated carbocycles. The first-order valence-corrected chi connectivity index (χ1v) is 25.8. The lowest BCUT2D eigenvalue weighted by molar-refractivity contribution is -0.336. The highest BCUT2D eigenvalue weighted by Crippen LogP contribution is 2.40. The SMILES string of the molecule is CC[C@H]1OC(=O)[C@H](C)[C@@H](OC(=O)Cc2cccc(CNCCSc3ccc4c(=O)c(C(=O)O)cn(CC)c4c3)c2)[C@H](C)[C@@H](OC2O[C@H](OC)C[C@H](N(C)C)[C@H]2O)[C@](C)(OC)C[C@@H](C)C(=O)[C@H](C)[C@@H](O)[C@]1(C)O. The Bertz CT molecular complexity index is 2410. The number of fused-ring (bicyclic) bond motifs is 1. The average molecular weight is 1030 g/mol. The largest absolute Gasteiger partial charge is 0.477 e. The second kappa shape index (κ2) is 25.3. The Hall–Kier alpha value is -4.28. The van der Waals surface area contributed by atoms with Crippen LogP contribution in [0.3, 0.4) is 0 Å². The van der Waals surface area contributed by atoms with Crippen LogP contribution in [0.2, 0.25) is 0 Å². The van der Waals surface area contributed by atoms with E-state index in [0.717, 1.165) is 10.5 Å². The number of carbonyl (C=O) groups is 4. The number of carboxylic acid groups (broad SMARTS) is 1. The number of carboxylic acids is 1. The molecule has 400 valence electrons. The summed E-state index contributed by atoms with van der Waals surface area (Å²) in [7, 11) is 6.57. The van der Waals surface area contributed by atoms with Gasteiger partial charge in [-0.2, -0.15) is 0 Å². The van der Waals surface area contributed by atoms with Crippen molar-refractivity contribution in [2.24, 2.45) is 23.7 Å². The van der Waals surface area contributed by atoms with Crippen LogP contribution >= 0.6 is 11.8 Å².